The lowest BCUT2D eigenvalue weighted by Gasteiger charge is -2.39. The molecule has 2 atom stereocenters. The Kier molecular flexibility index (Phi) is 5.74. The first-order valence-corrected chi connectivity index (χ1v) is 9.45. The van der Waals surface area contributed by atoms with Gasteiger partial charge in [0.2, 0.25) is 5.95 Å². The van der Waals surface area contributed by atoms with E-state index in [2.05, 4.69) is 34.0 Å². The maximum Gasteiger partial charge on any atom is 0.416 e. The van der Waals surface area contributed by atoms with Crippen LogP contribution in [0, 0.1) is 0 Å². The number of nitrogens with zero attached hydrogens (tertiary/aromatic N) is 2. The second kappa shape index (κ2) is 7.88. The molecular weight excluding hydrogens is 357 g/mol. The fraction of sp³-hybridized carbons (Fsp3) is 0.579. The molecule has 1 fully saturated rings. The van der Waals surface area contributed by atoms with Crippen molar-refractivity contribution in [3.05, 3.63) is 34.1 Å². The van der Waals surface area contributed by atoms with Gasteiger partial charge in [-0.2, -0.15) is 13.2 Å². The van der Waals surface area contributed by atoms with Crippen LogP contribution in [0.5, 0.6) is 0 Å². The van der Waals surface area contributed by atoms with E-state index >= 15 is 0 Å². The van der Waals surface area contributed by atoms with E-state index in [1.54, 1.807) is 0 Å². The van der Waals surface area contributed by atoms with Crippen molar-refractivity contribution in [2.24, 2.45) is 0 Å². The first-order chi connectivity index (χ1) is 12.8. The van der Waals surface area contributed by atoms with Gasteiger partial charge in [0.1, 0.15) is 0 Å². The van der Waals surface area contributed by atoms with E-state index in [-0.39, 0.29) is 22.9 Å². The van der Waals surface area contributed by atoms with E-state index in [0.29, 0.717) is 6.04 Å². The van der Waals surface area contributed by atoms with Crippen molar-refractivity contribution in [3.8, 4) is 0 Å². The summed E-state index contributed by atoms with van der Waals surface area (Å²) in [6.07, 6.45) is -0.258. The molecule has 0 unspecified atom stereocenters. The van der Waals surface area contributed by atoms with Crippen LogP contribution in [-0.2, 0) is 6.18 Å². The zero-order valence-corrected chi connectivity index (χ0v) is 15.6. The van der Waals surface area contributed by atoms with Gasteiger partial charge in [0.15, 0.2) is 0 Å². The topological polar surface area (TPSA) is 61.0 Å². The van der Waals surface area contributed by atoms with Gasteiger partial charge < -0.3 is 5.32 Å². The Hall–Kier alpha value is -2.09. The molecule has 0 aliphatic heterocycles. The number of fused-ring (bicyclic) bond motifs is 1. The highest BCUT2D eigenvalue weighted by atomic mass is 19.4. The highest BCUT2D eigenvalue weighted by molar-refractivity contribution is 5.79. The maximum absolute atomic E-state index is 13.0. The average molecular weight is 382 g/mol. The van der Waals surface area contributed by atoms with Gasteiger partial charge in [-0.1, -0.05) is 26.7 Å². The summed E-state index contributed by atoms with van der Waals surface area (Å²) in [6.45, 7) is 6.08. The number of likely N-dealkylation sites (N-methyl/N-ethyl adjacent to an activating group) is 1. The first kappa shape index (κ1) is 19.7. The minimum Gasteiger partial charge on any atom is -0.351 e. The predicted octanol–water partition coefficient (Wildman–Crippen LogP) is 4.01. The summed E-state index contributed by atoms with van der Waals surface area (Å²) >= 11 is 0. The molecule has 1 heterocycles. The fourth-order valence-electron chi connectivity index (χ4n) is 3.97. The number of halogens is 3. The van der Waals surface area contributed by atoms with Crippen LogP contribution < -0.4 is 10.9 Å². The molecule has 2 aromatic rings. The molecule has 0 spiro atoms. The number of rotatable bonds is 5. The molecule has 0 radical (unpaired) electrons. The summed E-state index contributed by atoms with van der Waals surface area (Å²) in [5.41, 5.74) is -1.20. The Balaban J connectivity index is 1.92. The Morgan fingerprint density at radius 3 is 2.59 bits per heavy atom. The van der Waals surface area contributed by atoms with Crippen molar-refractivity contribution in [1.82, 2.24) is 14.9 Å². The van der Waals surface area contributed by atoms with Gasteiger partial charge in [-0.05, 0) is 44.1 Å². The van der Waals surface area contributed by atoms with Gasteiger partial charge in [0, 0.05) is 12.1 Å². The molecule has 5 nitrogen and oxygen atoms in total. The molecule has 1 saturated carbocycles. The number of benzene rings is 1. The molecular formula is C19H25F3N4O. The van der Waals surface area contributed by atoms with Gasteiger partial charge in [-0.15, -0.1) is 0 Å². The third kappa shape index (κ3) is 4.26. The van der Waals surface area contributed by atoms with Gasteiger partial charge in [-0.25, -0.2) is 4.98 Å². The smallest absolute Gasteiger partial charge is 0.351 e. The number of aromatic nitrogens is 2. The van der Waals surface area contributed by atoms with Crippen molar-refractivity contribution in [2.45, 2.75) is 57.8 Å². The summed E-state index contributed by atoms with van der Waals surface area (Å²) in [5.74, 6) is 0.232. The van der Waals surface area contributed by atoms with Gasteiger partial charge in [0.25, 0.3) is 5.56 Å². The molecule has 3 rings (SSSR count). The fourth-order valence-corrected chi connectivity index (χ4v) is 3.97. The third-order valence-corrected chi connectivity index (χ3v) is 5.37. The molecule has 2 N–H and O–H groups in total. The maximum atomic E-state index is 13.0. The van der Waals surface area contributed by atoms with Crippen LogP contribution >= 0.6 is 0 Å². The van der Waals surface area contributed by atoms with E-state index in [1.165, 1.54) is 6.07 Å². The molecule has 1 aliphatic rings. The lowest BCUT2D eigenvalue weighted by molar-refractivity contribution is -0.137. The van der Waals surface area contributed by atoms with Gasteiger partial charge in [-0.3, -0.25) is 14.7 Å². The second-order valence-corrected chi connectivity index (χ2v) is 6.97. The Bertz CT molecular complexity index is 845. The number of H-pyrrole nitrogens is 1. The first-order valence-electron chi connectivity index (χ1n) is 9.45. The summed E-state index contributed by atoms with van der Waals surface area (Å²) in [4.78, 5) is 21.6. The lowest BCUT2D eigenvalue weighted by atomic mass is 9.89. The van der Waals surface area contributed by atoms with Crippen molar-refractivity contribution >= 4 is 16.9 Å². The number of nitrogens with one attached hydrogen (secondary N) is 2. The standard InChI is InChI=1S/C19H25F3N4O/c1-3-26(4-2)16-8-6-5-7-14(16)23-18-24-15-11-12(19(20,21)22)9-10-13(15)17(27)25-18/h9-11,14,16H,3-8H2,1-2H3,(H2,23,24,25,27)/t14-,16-/m1/s1. The summed E-state index contributed by atoms with van der Waals surface area (Å²) < 4.78 is 38.9. The molecule has 8 heteroatoms. The van der Waals surface area contributed by atoms with Crippen LogP contribution in [0.15, 0.2) is 23.0 Å². The van der Waals surface area contributed by atoms with Gasteiger partial charge >= 0.3 is 6.18 Å². The second-order valence-electron chi connectivity index (χ2n) is 6.97. The Morgan fingerprint density at radius 2 is 1.93 bits per heavy atom. The minimum atomic E-state index is -4.47. The van der Waals surface area contributed by atoms with Crippen molar-refractivity contribution < 1.29 is 13.2 Å². The minimum absolute atomic E-state index is 0.0475. The van der Waals surface area contributed by atoms with E-state index < -0.39 is 17.3 Å². The van der Waals surface area contributed by atoms with Crippen LogP contribution in [0.2, 0.25) is 0 Å². The zero-order chi connectivity index (χ0) is 19.6. The highest BCUT2D eigenvalue weighted by Crippen LogP contribution is 2.31. The molecule has 0 bridgehead atoms. The van der Waals surface area contributed by atoms with E-state index in [0.717, 1.165) is 50.9 Å². The Labute approximate surface area is 156 Å². The largest absolute Gasteiger partial charge is 0.416 e. The van der Waals surface area contributed by atoms with Crippen molar-refractivity contribution in [2.75, 3.05) is 18.4 Å². The number of aromatic amines is 1. The molecule has 1 aromatic carbocycles. The van der Waals surface area contributed by atoms with Crippen LogP contribution in [0.3, 0.4) is 0 Å². The highest BCUT2D eigenvalue weighted by Gasteiger charge is 2.31. The van der Waals surface area contributed by atoms with E-state index in [4.69, 9.17) is 0 Å². The van der Waals surface area contributed by atoms with Crippen LogP contribution in [0.4, 0.5) is 19.1 Å². The quantitative estimate of drug-likeness (QED) is 0.820. The zero-order valence-electron chi connectivity index (χ0n) is 15.6. The number of hydrogen-bond acceptors (Lipinski definition) is 4. The van der Waals surface area contributed by atoms with Crippen LogP contribution in [0.1, 0.15) is 45.1 Å². The molecule has 0 saturated heterocycles. The summed E-state index contributed by atoms with van der Waals surface area (Å²) in [5, 5.41) is 3.43. The van der Waals surface area contributed by atoms with Crippen molar-refractivity contribution in [1.29, 1.82) is 0 Å². The van der Waals surface area contributed by atoms with E-state index in [9.17, 15) is 18.0 Å². The lowest BCUT2D eigenvalue weighted by Crippen LogP contribution is -2.49. The summed E-state index contributed by atoms with van der Waals surface area (Å²) in [6, 6.07) is 3.43. The molecule has 0 amide bonds. The Morgan fingerprint density at radius 1 is 1.22 bits per heavy atom. The molecule has 148 valence electrons. The van der Waals surface area contributed by atoms with E-state index in [1.807, 2.05) is 0 Å². The SMILES string of the molecule is CCN(CC)[C@@H]1CCCC[C@H]1Nc1nc2cc(C(F)(F)F)ccc2c(=O)[nH]1. The van der Waals surface area contributed by atoms with Crippen LogP contribution in [-0.4, -0.2) is 40.0 Å². The summed E-state index contributed by atoms with van der Waals surface area (Å²) in [7, 11) is 0. The third-order valence-electron chi connectivity index (χ3n) is 5.37. The number of hydrogen-bond donors (Lipinski definition) is 2. The molecule has 27 heavy (non-hydrogen) atoms. The molecule has 1 aromatic heterocycles. The van der Waals surface area contributed by atoms with Gasteiger partial charge in [0.05, 0.1) is 16.5 Å². The van der Waals surface area contributed by atoms with Crippen molar-refractivity contribution in [3.63, 3.8) is 0 Å². The average Bonchev–Trinajstić information content (AvgIpc) is 2.63. The molecule has 1 aliphatic carbocycles. The normalized spacial score (nSPS) is 21.0. The number of anilines is 1. The monoisotopic (exact) mass is 382 g/mol. The van der Waals surface area contributed by atoms with Crippen LogP contribution in [0.25, 0.3) is 10.9 Å². The predicted molar refractivity (Wildman–Crippen MR) is 100.0 cm³/mol. The number of alkyl halides is 3.